The molecule has 0 bridgehead atoms. The Morgan fingerprint density at radius 1 is 1.73 bits per heavy atom. The predicted octanol–water partition coefficient (Wildman–Crippen LogP) is 1.14. The van der Waals surface area contributed by atoms with Crippen molar-refractivity contribution in [1.29, 1.82) is 0 Å². The molecule has 0 aromatic carbocycles. The van der Waals surface area contributed by atoms with Crippen molar-refractivity contribution < 1.29 is 13.5 Å². The third kappa shape index (κ3) is 1.57. The Labute approximate surface area is 72.6 Å². The Morgan fingerprint density at radius 2 is 2.36 bits per heavy atom. The summed E-state index contributed by atoms with van der Waals surface area (Å²) in [7, 11) is 0. The largest absolute Gasteiger partial charge is 0.473 e. The van der Waals surface area contributed by atoms with Crippen molar-refractivity contribution in [1.82, 2.24) is 0 Å². The number of aromatic carboxylic acids is 1. The van der Waals surface area contributed by atoms with Crippen molar-refractivity contribution >= 4 is 22.1 Å². The van der Waals surface area contributed by atoms with E-state index in [1.54, 1.807) is 25.3 Å². The number of aryl methyl sites for hydroxylation is 1. The van der Waals surface area contributed by atoms with Gasteiger partial charge in [0.05, 0.1) is 0 Å². The topological polar surface area (TPSA) is 41.2 Å². The molecule has 1 aromatic heterocycles. The molecule has 1 rings (SSSR count). The summed E-state index contributed by atoms with van der Waals surface area (Å²) in [6.45, 7) is 1.75. The Hall–Kier alpha value is -0.900. The fourth-order valence-electron chi connectivity index (χ4n) is 0.845. The normalized spacial score (nSPS) is 9.64. The zero-order valence-electron chi connectivity index (χ0n) is 5.91. The molecule has 11 heavy (non-hydrogen) atoms. The summed E-state index contributed by atoms with van der Waals surface area (Å²) in [5, 5.41) is 8.70. The number of rotatable bonds is 1. The van der Waals surface area contributed by atoms with Crippen LogP contribution in [0, 0.1) is 6.92 Å². The van der Waals surface area contributed by atoms with Crippen molar-refractivity contribution in [3.8, 4) is 0 Å². The maximum absolute atomic E-state index is 10.6. The molecule has 4 heteroatoms. The SMILES string of the molecule is Cc1ccc[n+](Br)c1C(=O)O. The first-order valence-electron chi connectivity index (χ1n) is 3.03. The fourth-order valence-corrected chi connectivity index (χ4v) is 1.41. The van der Waals surface area contributed by atoms with Crippen LogP contribution in [-0.2, 0) is 0 Å². The van der Waals surface area contributed by atoms with E-state index in [-0.39, 0.29) is 5.69 Å². The first-order chi connectivity index (χ1) is 5.13. The van der Waals surface area contributed by atoms with Crippen molar-refractivity contribution in [2.75, 3.05) is 0 Å². The van der Waals surface area contributed by atoms with E-state index in [9.17, 15) is 4.79 Å². The Morgan fingerprint density at radius 3 is 2.73 bits per heavy atom. The van der Waals surface area contributed by atoms with Crippen molar-refractivity contribution in [3.05, 3.63) is 29.6 Å². The zero-order valence-corrected chi connectivity index (χ0v) is 7.50. The summed E-state index contributed by atoms with van der Waals surface area (Å²) < 4.78 is 1.41. The van der Waals surface area contributed by atoms with Crippen LogP contribution in [0.4, 0.5) is 0 Å². The molecular weight excluding hydrogens is 210 g/mol. The molecule has 0 radical (unpaired) electrons. The number of carboxylic acid groups (broad SMARTS) is 1. The number of aromatic nitrogens is 1. The molecule has 58 valence electrons. The first kappa shape index (κ1) is 8.20. The second-order valence-corrected chi connectivity index (χ2v) is 2.92. The molecule has 0 saturated carbocycles. The molecule has 0 unspecified atom stereocenters. The molecule has 0 aliphatic carbocycles. The number of carbonyl (C=O) groups is 1. The Balaban J connectivity index is 3.32. The molecule has 0 aliphatic heterocycles. The van der Waals surface area contributed by atoms with Crippen LogP contribution in [0.1, 0.15) is 16.1 Å². The number of hydrogen-bond acceptors (Lipinski definition) is 1. The maximum atomic E-state index is 10.6. The van der Waals surface area contributed by atoms with Crippen LogP contribution in [0.3, 0.4) is 0 Å². The summed E-state index contributed by atoms with van der Waals surface area (Å²) in [6, 6.07) is 3.53. The summed E-state index contributed by atoms with van der Waals surface area (Å²) in [5.41, 5.74) is 0.990. The quantitative estimate of drug-likeness (QED) is 0.766. The number of halogens is 1. The van der Waals surface area contributed by atoms with Gasteiger partial charge in [0.15, 0.2) is 6.20 Å². The maximum Gasteiger partial charge on any atom is 0.402 e. The highest BCUT2D eigenvalue weighted by atomic mass is 79.9. The van der Waals surface area contributed by atoms with Crippen LogP contribution in [-0.4, -0.2) is 11.1 Å². The predicted molar refractivity (Wildman–Crippen MR) is 42.7 cm³/mol. The summed E-state index contributed by atoms with van der Waals surface area (Å²) >= 11 is 3.08. The molecule has 1 N–H and O–H groups in total. The molecule has 3 nitrogen and oxygen atoms in total. The second-order valence-electron chi connectivity index (χ2n) is 2.16. The van der Waals surface area contributed by atoms with Crippen LogP contribution in [0.25, 0.3) is 0 Å². The van der Waals surface area contributed by atoms with E-state index in [0.717, 1.165) is 5.56 Å². The molecule has 0 saturated heterocycles. The van der Waals surface area contributed by atoms with Gasteiger partial charge in [-0.25, -0.2) is 4.79 Å². The van der Waals surface area contributed by atoms with Gasteiger partial charge in [-0.3, -0.25) is 0 Å². The van der Waals surface area contributed by atoms with Crippen LogP contribution >= 0.6 is 16.1 Å². The Kier molecular flexibility index (Phi) is 2.24. The van der Waals surface area contributed by atoms with Crippen LogP contribution < -0.4 is 3.59 Å². The standard InChI is InChI=1S/C7H6BrNO2/c1-5-3-2-4-9(8)6(5)7(10)11/h2-4H,1H3/p+1. The van der Waals surface area contributed by atoms with Crippen molar-refractivity contribution in [2.24, 2.45) is 0 Å². The van der Waals surface area contributed by atoms with Crippen LogP contribution in [0.5, 0.6) is 0 Å². The number of pyridine rings is 1. The van der Waals surface area contributed by atoms with E-state index in [2.05, 4.69) is 16.1 Å². The Bertz CT molecular complexity index is 278. The molecule has 1 aromatic rings. The molecule has 0 atom stereocenters. The molecule has 0 fully saturated rings. The van der Waals surface area contributed by atoms with Gasteiger partial charge in [-0.1, -0.05) is 0 Å². The van der Waals surface area contributed by atoms with E-state index >= 15 is 0 Å². The third-order valence-electron chi connectivity index (χ3n) is 1.35. The minimum Gasteiger partial charge on any atom is -0.473 e. The van der Waals surface area contributed by atoms with E-state index in [0.29, 0.717) is 0 Å². The lowest BCUT2D eigenvalue weighted by molar-refractivity contribution is -0.478. The van der Waals surface area contributed by atoms with Gasteiger partial charge in [0.2, 0.25) is 0 Å². The average Bonchev–Trinajstić information content (AvgIpc) is 1.85. The minimum absolute atomic E-state index is 0.257. The van der Waals surface area contributed by atoms with E-state index in [4.69, 9.17) is 5.11 Å². The fraction of sp³-hybridized carbons (Fsp3) is 0.143. The molecule has 1 heterocycles. The van der Waals surface area contributed by atoms with Crippen molar-refractivity contribution in [3.63, 3.8) is 0 Å². The number of carboxylic acids is 1. The van der Waals surface area contributed by atoms with Gasteiger partial charge in [-0.2, -0.15) is 0 Å². The van der Waals surface area contributed by atoms with Gasteiger partial charge in [-0.15, -0.1) is 3.59 Å². The minimum atomic E-state index is -0.931. The molecule has 0 amide bonds. The highest BCUT2D eigenvalue weighted by Gasteiger charge is 2.19. The summed E-state index contributed by atoms with van der Waals surface area (Å²) in [5.74, 6) is -0.931. The number of nitrogens with zero attached hydrogens (tertiary/aromatic N) is 1. The highest BCUT2D eigenvalue weighted by molar-refractivity contribution is 9.04. The monoisotopic (exact) mass is 216 g/mol. The van der Waals surface area contributed by atoms with Crippen LogP contribution in [0.2, 0.25) is 0 Å². The second kappa shape index (κ2) is 3.00. The van der Waals surface area contributed by atoms with E-state index in [1.165, 1.54) is 3.59 Å². The third-order valence-corrected chi connectivity index (χ3v) is 1.94. The smallest absolute Gasteiger partial charge is 0.402 e. The van der Waals surface area contributed by atoms with Crippen molar-refractivity contribution in [2.45, 2.75) is 6.92 Å². The first-order valence-corrected chi connectivity index (χ1v) is 3.74. The van der Waals surface area contributed by atoms with E-state index in [1.807, 2.05) is 0 Å². The lowest BCUT2D eigenvalue weighted by Gasteiger charge is -1.93. The highest BCUT2D eigenvalue weighted by Crippen LogP contribution is 2.01. The number of hydrogen-bond donors (Lipinski definition) is 1. The van der Waals surface area contributed by atoms with Gasteiger partial charge in [0, 0.05) is 11.6 Å². The van der Waals surface area contributed by atoms with Crippen LogP contribution in [0.15, 0.2) is 18.3 Å². The molecule has 0 aliphatic rings. The summed E-state index contributed by atoms with van der Waals surface area (Å²) in [6.07, 6.45) is 1.64. The van der Waals surface area contributed by atoms with E-state index < -0.39 is 5.97 Å². The average molecular weight is 217 g/mol. The van der Waals surface area contributed by atoms with Gasteiger partial charge in [-0.05, 0) is 13.0 Å². The molecule has 0 spiro atoms. The lowest BCUT2D eigenvalue weighted by Crippen LogP contribution is -2.29. The van der Waals surface area contributed by atoms with Gasteiger partial charge in [0.25, 0.3) is 0 Å². The van der Waals surface area contributed by atoms with Gasteiger partial charge >= 0.3 is 27.8 Å². The zero-order chi connectivity index (χ0) is 8.43. The van der Waals surface area contributed by atoms with Gasteiger partial charge < -0.3 is 5.11 Å². The lowest BCUT2D eigenvalue weighted by atomic mass is 10.2. The van der Waals surface area contributed by atoms with Gasteiger partial charge in [0.1, 0.15) is 0 Å². The summed E-state index contributed by atoms with van der Waals surface area (Å²) in [4.78, 5) is 10.6. The molecular formula is C7H7BrNO2+.